The molecule has 1 aromatic heterocycles. The highest BCUT2D eigenvalue weighted by Crippen LogP contribution is 2.25. The summed E-state index contributed by atoms with van der Waals surface area (Å²) in [6.07, 6.45) is 0. The molecule has 1 aliphatic heterocycles. The van der Waals surface area contributed by atoms with Crippen LogP contribution in [0.3, 0.4) is 0 Å². The Morgan fingerprint density at radius 2 is 1.84 bits per heavy atom. The maximum atomic E-state index is 12.5. The molecule has 0 unspecified atom stereocenters. The average Bonchev–Trinajstić information content (AvgIpc) is 3.25. The summed E-state index contributed by atoms with van der Waals surface area (Å²) in [6.45, 7) is 3.12. The van der Waals surface area contributed by atoms with Crippen molar-refractivity contribution in [2.45, 2.75) is 6.54 Å². The molecule has 31 heavy (non-hydrogen) atoms. The number of aromatic nitrogens is 2. The van der Waals surface area contributed by atoms with Crippen LogP contribution in [0, 0.1) is 0 Å². The average molecular weight is 462 g/mol. The van der Waals surface area contributed by atoms with E-state index in [1.54, 1.807) is 30.2 Å². The van der Waals surface area contributed by atoms with Crippen molar-refractivity contribution in [3.05, 3.63) is 58.4 Å². The van der Waals surface area contributed by atoms with Crippen molar-refractivity contribution in [2.75, 3.05) is 38.6 Å². The van der Waals surface area contributed by atoms with Gasteiger partial charge in [-0.3, -0.25) is 4.90 Å². The van der Waals surface area contributed by atoms with Crippen LogP contribution in [0.2, 0.25) is 10.0 Å². The van der Waals surface area contributed by atoms with Crippen molar-refractivity contribution < 1.29 is 14.1 Å². The molecule has 1 saturated heterocycles. The third-order valence-corrected chi connectivity index (χ3v) is 5.74. The van der Waals surface area contributed by atoms with Crippen LogP contribution in [0.1, 0.15) is 5.89 Å². The number of hydrogen-bond donors (Lipinski definition) is 1. The van der Waals surface area contributed by atoms with Crippen molar-refractivity contribution >= 4 is 34.9 Å². The zero-order valence-electron chi connectivity index (χ0n) is 16.8. The second kappa shape index (κ2) is 9.55. The third-order valence-electron chi connectivity index (χ3n) is 5.01. The van der Waals surface area contributed by atoms with E-state index in [4.69, 9.17) is 32.5 Å². The lowest BCUT2D eigenvalue weighted by Crippen LogP contribution is -2.49. The molecular weight excluding hydrogens is 441 g/mol. The van der Waals surface area contributed by atoms with E-state index in [-0.39, 0.29) is 6.03 Å². The summed E-state index contributed by atoms with van der Waals surface area (Å²) in [5.74, 6) is 1.85. The van der Waals surface area contributed by atoms with Gasteiger partial charge in [0.15, 0.2) is 0 Å². The van der Waals surface area contributed by atoms with Crippen LogP contribution in [0.5, 0.6) is 5.75 Å². The van der Waals surface area contributed by atoms with E-state index in [9.17, 15) is 4.79 Å². The molecule has 2 amide bonds. The normalized spacial score (nSPS) is 14.5. The van der Waals surface area contributed by atoms with Crippen molar-refractivity contribution in [2.24, 2.45) is 0 Å². The van der Waals surface area contributed by atoms with Crippen LogP contribution >= 0.6 is 23.2 Å². The standard InChI is InChI=1S/C21H21Cl2N5O3/c1-30-16-5-2-14(3-6-16)20-25-19(31-26-20)13-27-8-10-28(11-9-27)21(29)24-15-4-7-17(22)18(23)12-15/h2-7,12H,8-11,13H2,1H3,(H,24,29). The van der Waals surface area contributed by atoms with Gasteiger partial charge < -0.3 is 19.5 Å². The monoisotopic (exact) mass is 461 g/mol. The summed E-state index contributed by atoms with van der Waals surface area (Å²) in [7, 11) is 1.62. The molecule has 162 valence electrons. The summed E-state index contributed by atoms with van der Waals surface area (Å²) < 4.78 is 10.6. The zero-order chi connectivity index (χ0) is 21.8. The highest BCUT2D eigenvalue weighted by atomic mass is 35.5. The number of carbonyl (C=O) groups excluding carboxylic acids is 1. The Kier molecular flexibility index (Phi) is 6.60. The first-order chi connectivity index (χ1) is 15.0. The summed E-state index contributed by atoms with van der Waals surface area (Å²) in [4.78, 5) is 20.9. The quantitative estimate of drug-likeness (QED) is 0.605. The molecule has 0 spiro atoms. The minimum Gasteiger partial charge on any atom is -0.497 e. The number of carbonyl (C=O) groups is 1. The topological polar surface area (TPSA) is 83.7 Å². The predicted octanol–water partition coefficient (Wildman–Crippen LogP) is 4.40. The Hall–Kier alpha value is -2.81. The zero-order valence-corrected chi connectivity index (χ0v) is 18.4. The summed E-state index contributed by atoms with van der Waals surface area (Å²) in [5, 5.41) is 7.76. The predicted molar refractivity (Wildman–Crippen MR) is 119 cm³/mol. The smallest absolute Gasteiger partial charge is 0.321 e. The van der Waals surface area contributed by atoms with Gasteiger partial charge in [-0.05, 0) is 42.5 Å². The van der Waals surface area contributed by atoms with Gasteiger partial charge in [-0.25, -0.2) is 4.79 Å². The molecule has 3 aromatic rings. The van der Waals surface area contributed by atoms with Crippen molar-refractivity contribution in [3.8, 4) is 17.1 Å². The Morgan fingerprint density at radius 3 is 2.52 bits per heavy atom. The molecule has 1 N–H and O–H groups in total. The van der Waals surface area contributed by atoms with Gasteiger partial charge in [0.25, 0.3) is 0 Å². The molecule has 0 saturated carbocycles. The van der Waals surface area contributed by atoms with E-state index >= 15 is 0 Å². The lowest BCUT2D eigenvalue weighted by molar-refractivity contribution is 0.133. The molecule has 10 heteroatoms. The number of urea groups is 1. The maximum Gasteiger partial charge on any atom is 0.321 e. The number of amides is 2. The third kappa shape index (κ3) is 5.28. The Balaban J connectivity index is 1.28. The van der Waals surface area contributed by atoms with Crippen LogP contribution in [-0.2, 0) is 6.54 Å². The van der Waals surface area contributed by atoms with Gasteiger partial charge in [-0.2, -0.15) is 4.98 Å². The fraction of sp³-hybridized carbons (Fsp3) is 0.286. The molecule has 0 atom stereocenters. The maximum absolute atomic E-state index is 12.5. The van der Waals surface area contributed by atoms with Gasteiger partial charge in [-0.1, -0.05) is 28.4 Å². The molecule has 0 aliphatic carbocycles. The van der Waals surface area contributed by atoms with Gasteiger partial charge >= 0.3 is 6.03 Å². The summed E-state index contributed by atoms with van der Waals surface area (Å²) >= 11 is 11.9. The SMILES string of the molecule is COc1ccc(-c2noc(CN3CCN(C(=O)Nc4ccc(Cl)c(Cl)c4)CC3)n2)cc1. The lowest BCUT2D eigenvalue weighted by atomic mass is 10.2. The number of nitrogens with zero attached hydrogens (tertiary/aromatic N) is 4. The largest absolute Gasteiger partial charge is 0.497 e. The van der Waals surface area contributed by atoms with E-state index in [0.29, 0.717) is 60.2 Å². The van der Waals surface area contributed by atoms with E-state index < -0.39 is 0 Å². The number of nitrogens with one attached hydrogen (secondary N) is 1. The number of methoxy groups -OCH3 is 1. The van der Waals surface area contributed by atoms with E-state index in [1.807, 2.05) is 24.3 Å². The van der Waals surface area contributed by atoms with E-state index in [0.717, 1.165) is 11.3 Å². The molecule has 0 bridgehead atoms. The molecule has 1 fully saturated rings. The second-order valence-electron chi connectivity index (χ2n) is 7.06. The first-order valence-electron chi connectivity index (χ1n) is 9.72. The Morgan fingerprint density at radius 1 is 1.10 bits per heavy atom. The highest BCUT2D eigenvalue weighted by molar-refractivity contribution is 6.42. The second-order valence-corrected chi connectivity index (χ2v) is 7.88. The number of rotatable bonds is 5. The van der Waals surface area contributed by atoms with Gasteiger partial charge in [0.2, 0.25) is 11.7 Å². The van der Waals surface area contributed by atoms with Crippen LogP contribution < -0.4 is 10.1 Å². The van der Waals surface area contributed by atoms with Gasteiger partial charge in [0.05, 0.1) is 23.7 Å². The molecular formula is C21H21Cl2N5O3. The first-order valence-corrected chi connectivity index (χ1v) is 10.5. The Labute approximate surface area is 189 Å². The molecule has 2 heterocycles. The first kappa shape index (κ1) is 21.4. The number of ether oxygens (including phenoxy) is 1. The van der Waals surface area contributed by atoms with Crippen LogP contribution in [-0.4, -0.2) is 59.3 Å². The summed E-state index contributed by atoms with van der Waals surface area (Å²) in [6, 6.07) is 12.3. The number of halogens is 2. The fourth-order valence-electron chi connectivity index (χ4n) is 3.25. The van der Waals surface area contributed by atoms with Crippen LogP contribution in [0.4, 0.5) is 10.5 Å². The molecule has 2 aromatic carbocycles. The van der Waals surface area contributed by atoms with Crippen LogP contribution in [0.25, 0.3) is 11.4 Å². The van der Waals surface area contributed by atoms with Crippen molar-refractivity contribution in [3.63, 3.8) is 0 Å². The molecule has 1 aliphatic rings. The van der Waals surface area contributed by atoms with Crippen molar-refractivity contribution in [1.82, 2.24) is 19.9 Å². The number of anilines is 1. The molecule has 8 nitrogen and oxygen atoms in total. The van der Waals surface area contributed by atoms with E-state index in [2.05, 4.69) is 20.4 Å². The highest BCUT2D eigenvalue weighted by Gasteiger charge is 2.23. The van der Waals surface area contributed by atoms with Crippen molar-refractivity contribution in [1.29, 1.82) is 0 Å². The summed E-state index contributed by atoms with van der Waals surface area (Å²) in [5.41, 5.74) is 1.47. The molecule has 0 radical (unpaired) electrons. The number of piperazine rings is 1. The minimum absolute atomic E-state index is 0.169. The Bertz CT molecular complexity index is 1050. The van der Waals surface area contributed by atoms with Crippen LogP contribution in [0.15, 0.2) is 47.0 Å². The lowest BCUT2D eigenvalue weighted by Gasteiger charge is -2.33. The fourth-order valence-corrected chi connectivity index (χ4v) is 3.55. The van der Waals surface area contributed by atoms with Gasteiger partial charge in [0, 0.05) is 37.4 Å². The number of hydrogen-bond acceptors (Lipinski definition) is 6. The van der Waals surface area contributed by atoms with Gasteiger partial charge in [0.1, 0.15) is 5.75 Å². The minimum atomic E-state index is -0.169. The van der Waals surface area contributed by atoms with E-state index in [1.165, 1.54) is 0 Å². The number of benzene rings is 2. The molecule has 4 rings (SSSR count). The van der Waals surface area contributed by atoms with Gasteiger partial charge in [-0.15, -0.1) is 0 Å².